The van der Waals surface area contributed by atoms with Crippen LogP contribution in [0.5, 0.6) is 0 Å². The predicted molar refractivity (Wildman–Crippen MR) is 80.5 cm³/mol. The summed E-state index contributed by atoms with van der Waals surface area (Å²) in [5.74, 6) is -0.386. The average molecular weight is 322 g/mol. The fourth-order valence-electron chi connectivity index (χ4n) is 2.35. The predicted octanol–water partition coefficient (Wildman–Crippen LogP) is 1.07. The van der Waals surface area contributed by atoms with E-state index in [0.717, 1.165) is 5.57 Å². The van der Waals surface area contributed by atoms with Crippen LogP contribution in [0, 0.1) is 5.82 Å². The SMILES string of the molecule is NCc1cn(-c2ccc(C3=CCS(=O)(=O)CC3)c(F)c2)nn1. The molecule has 0 amide bonds. The molecule has 0 atom stereocenters. The van der Waals surface area contributed by atoms with Gasteiger partial charge in [0.1, 0.15) is 5.82 Å². The molecule has 1 aromatic carbocycles. The van der Waals surface area contributed by atoms with Gasteiger partial charge in [0, 0.05) is 18.2 Å². The van der Waals surface area contributed by atoms with Crippen molar-refractivity contribution in [3.63, 3.8) is 0 Å². The molecular weight excluding hydrogens is 307 g/mol. The Kier molecular flexibility index (Phi) is 3.79. The van der Waals surface area contributed by atoms with E-state index in [9.17, 15) is 12.8 Å². The monoisotopic (exact) mass is 322 g/mol. The van der Waals surface area contributed by atoms with Crippen LogP contribution >= 0.6 is 0 Å². The van der Waals surface area contributed by atoms with E-state index in [4.69, 9.17) is 5.73 Å². The zero-order valence-corrected chi connectivity index (χ0v) is 12.6. The minimum absolute atomic E-state index is 0.0353. The fraction of sp³-hybridized carbons (Fsp3) is 0.286. The number of hydrogen-bond acceptors (Lipinski definition) is 5. The number of nitrogens with zero attached hydrogens (tertiary/aromatic N) is 3. The Morgan fingerprint density at radius 2 is 2.18 bits per heavy atom. The number of benzene rings is 1. The molecule has 0 saturated carbocycles. The summed E-state index contributed by atoms with van der Waals surface area (Å²) in [6.07, 6.45) is 3.55. The summed E-state index contributed by atoms with van der Waals surface area (Å²) < 4.78 is 38.6. The van der Waals surface area contributed by atoms with Gasteiger partial charge in [0.25, 0.3) is 0 Å². The number of aromatic nitrogens is 3. The Morgan fingerprint density at radius 3 is 2.77 bits per heavy atom. The number of hydrogen-bond donors (Lipinski definition) is 1. The molecule has 0 spiro atoms. The second-order valence-electron chi connectivity index (χ2n) is 5.12. The Hall–Kier alpha value is -2.06. The highest BCUT2D eigenvalue weighted by atomic mass is 32.2. The maximum Gasteiger partial charge on any atom is 0.154 e. The normalized spacial score (nSPS) is 17.3. The van der Waals surface area contributed by atoms with E-state index in [0.29, 0.717) is 23.4 Å². The second-order valence-corrected chi connectivity index (χ2v) is 7.35. The molecule has 0 unspecified atom stereocenters. The van der Waals surface area contributed by atoms with E-state index < -0.39 is 15.7 Å². The van der Waals surface area contributed by atoms with Crippen molar-refractivity contribution < 1.29 is 12.8 Å². The molecule has 1 aromatic heterocycles. The third-order valence-corrected chi connectivity index (χ3v) is 5.08. The smallest absolute Gasteiger partial charge is 0.154 e. The van der Waals surface area contributed by atoms with Crippen LogP contribution in [-0.4, -0.2) is 34.9 Å². The van der Waals surface area contributed by atoms with Crippen LogP contribution in [0.15, 0.2) is 30.5 Å². The molecule has 1 aliphatic heterocycles. The van der Waals surface area contributed by atoms with Gasteiger partial charge >= 0.3 is 0 Å². The van der Waals surface area contributed by atoms with Gasteiger partial charge in [-0.1, -0.05) is 11.3 Å². The number of rotatable bonds is 3. The molecule has 8 heteroatoms. The van der Waals surface area contributed by atoms with E-state index in [2.05, 4.69) is 10.3 Å². The molecule has 1 aliphatic rings. The number of halogens is 1. The van der Waals surface area contributed by atoms with Crippen LogP contribution in [0.25, 0.3) is 11.3 Å². The van der Waals surface area contributed by atoms with Crippen LogP contribution in [0.2, 0.25) is 0 Å². The van der Waals surface area contributed by atoms with Crippen LogP contribution < -0.4 is 5.73 Å². The lowest BCUT2D eigenvalue weighted by Crippen LogP contribution is -2.15. The van der Waals surface area contributed by atoms with Gasteiger partial charge in [0.2, 0.25) is 0 Å². The number of nitrogens with two attached hydrogens (primary N) is 1. The van der Waals surface area contributed by atoms with E-state index in [1.54, 1.807) is 24.4 Å². The van der Waals surface area contributed by atoms with Crippen LogP contribution in [0.4, 0.5) is 4.39 Å². The van der Waals surface area contributed by atoms with Gasteiger partial charge in [-0.15, -0.1) is 5.10 Å². The zero-order valence-electron chi connectivity index (χ0n) is 11.7. The molecular formula is C14H15FN4O2S. The third-order valence-electron chi connectivity index (χ3n) is 3.58. The molecule has 2 aromatic rings. The lowest BCUT2D eigenvalue weighted by Gasteiger charge is -2.15. The molecule has 0 fully saturated rings. The number of allylic oxidation sites excluding steroid dienone is 1. The summed E-state index contributed by atoms with van der Waals surface area (Å²) in [7, 11) is -3.02. The van der Waals surface area contributed by atoms with Gasteiger partial charge in [0.15, 0.2) is 9.84 Å². The maximum atomic E-state index is 14.3. The molecule has 0 bridgehead atoms. The highest BCUT2D eigenvalue weighted by Crippen LogP contribution is 2.27. The first-order chi connectivity index (χ1) is 10.5. The molecule has 0 aliphatic carbocycles. The number of sulfone groups is 1. The standard InChI is InChI=1S/C14H15FN4O2S/c15-14-7-12(19-9-11(8-16)17-18-19)1-2-13(14)10-3-5-22(20,21)6-4-10/h1-3,7,9H,4-6,8,16H2. The van der Waals surface area contributed by atoms with Gasteiger partial charge in [-0.25, -0.2) is 17.5 Å². The molecule has 3 rings (SSSR count). The summed E-state index contributed by atoms with van der Waals surface area (Å²) in [6, 6.07) is 4.71. The largest absolute Gasteiger partial charge is 0.325 e. The first-order valence-corrected chi connectivity index (χ1v) is 8.62. The summed E-state index contributed by atoms with van der Waals surface area (Å²) in [5, 5.41) is 7.74. The van der Waals surface area contributed by atoms with E-state index >= 15 is 0 Å². The molecule has 0 radical (unpaired) electrons. The quantitative estimate of drug-likeness (QED) is 0.912. The fourth-order valence-corrected chi connectivity index (χ4v) is 3.50. The van der Waals surface area contributed by atoms with Gasteiger partial charge in [-0.2, -0.15) is 0 Å². The van der Waals surface area contributed by atoms with E-state index in [-0.39, 0.29) is 18.1 Å². The van der Waals surface area contributed by atoms with Crippen molar-refractivity contribution in [2.75, 3.05) is 11.5 Å². The lowest BCUT2D eigenvalue weighted by atomic mass is 10.0. The first kappa shape index (κ1) is 14.9. The van der Waals surface area contributed by atoms with Crippen molar-refractivity contribution in [1.82, 2.24) is 15.0 Å². The van der Waals surface area contributed by atoms with Crippen LogP contribution in [0.1, 0.15) is 17.7 Å². The van der Waals surface area contributed by atoms with Crippen molar-refractivity contribution in [2.24, 2.45) is 5.73 Å². The first-order valence-electron chi connectivity index (χ1n) is 6.79. The van der Waals surface area contributed by atoms with Crippen molar-refractivity contribution in [3.05, 3.63) is 47.5 Å². The van der Waals surface area contributed by atoms with E-state index in [1.165, 1.54) is 10.7 Å². The molecule has 2 N–H and O–H groups in total. The van der Waals surface area contributed by atoms with Crippen LogP contribution in [-0.2, 0) is 16.4 Å². The summed E-state index contributed by atoms with van der Waals surface area (Å²) in [4.78, 5) is 0. The van der Waals surface area contributed by atoms with Crippen molar-refractivity contribution in [1.29, 1.82) is 0 Å². The second kappa shape index (κ2) is 5.62. The van der Waals surface area contributed by atoms with Gasteiger partial charge < -0.3 is 5.73 Å². The molecule has 116 valence electrons. The highest BCUT2D eigenvalue weighted by Gasteiger charge is 2.19. The molecule has 22 heavy (non-hydrogen) atoms. The molecule has 2 heterocycles. The summed E-state index contributed by atoms with van der Waals surface area (Å²) >= 11 is 0. The molecule has 6 nitrogen and oxygen atoms in total. The third kappa shape index (κ3) is 2.93. The van der Waals surface area contributed by atoms with E-state index in [1.807, 2.05) is 0 Å². The lowest BCUT2D eigenvalue weighted by molar-refractivity contribution is 0.596. The average Bonchev–Trinajstić information content (AvgIpc) is 2.97. The topological polar surface area (TPSA) is 90.9 Å². The van der Waals surface area contributed by atoms with Gasteiger partial charge in [-0.05, 0) is 24.1 Å². The minimum Gasteiger partial charge on any atom is -0.325 e. The Labute approximate surface area is 127 Å². The summed E-state index contributed by atoms with van der Waals surface area (Å²) in [6.45, 7) is 0.266. The Morgan fingerprint density at radius 1 is 1.36 bits per heavy atom. The Balaban J connectivity index is 1.91. The highest BCUT2D eigenvalue weighted by molar-refractivity contribution is 7.91. The zero-order chi connectivity index (χ0) is 15.7. The van der Waals surface area contributed by atoms with Gasteiger partial charge in [0.05, 0.1) is 29.1 Å². The van der Waals surface area contributed by atoms with Crippen LogP contribution in [0.3, 0.4) is 0 Å². The summed E-state index contributed by atoms with van der Waals surface area (Å²) in [5.41, 5.74) is 7.77. The van der Waals surface area contributed by atoms with Crippen molar-refractivity contribution >= 4 is 15.4 Å². The molecule has 0 saturated heterocycles. The Bertz CT molecular complexity index is 842. The van der Waals surface area contributed by atoms with Crippen molar-refractivity contribution in [3.8, 4) is 5.69 Å². The van der Waals surface area contributed by atoms with Gasteiger partial charge in [-0.3, -0.25) is 0 Å². The maximum absolute atomic E-state index is 14.3. The minimum atomic E-state index is -3.02. The van der Waals surface area contributed by atoms with Crippen molar-refractivity contribution in [2.45, 2.75) is 13.0 Å².